The monoisotopic (exact) mass is 263 g/mol. The van der Waals surface area contributed by atoms with Gasteiger partial charge >= 0.3 is 6.18 Å². The quantitative estimate of drug-likeness (QED) is 0.788. The maximum Gasteiger partial charge on any atom is 0.389 e. The molecule has 1 unspecified atom stereocenters. The Bertz CT molecular complexity index is 387. The summed E-state index contributed by atoms with van der Waals surface area (Å²) < 4.78 is 50.0. The number of rotatable bonds is 5. The number of alkyl halides is 3. The number of aryl methyl sites for hydroxylation is 1. The highest BCUT2D eigenvalue weighted by molar-refractivity contribution is 5.27. The molecular weight excluding hydrogens is 246 g/mol. The van der Waals surface area contributed by atoms with Crippen molar-refractivity contribution in [1.82, 2.24) is 5.32 Å². The zero-order valence-electron chi connectivity index (χ0n) is 10.4. The maximum absolute atomic E-state index is 13.8. The fourth-order valence-electron chi connectivity index (χ4n) is 1.90. The molecule has 0 heterocycles. The minimum atomic E-state index is -4.15. The molecule has 0 bridgehead atoms. The molecule has 1 aromatic carbocycles. The molecule has 0 aliphatic carbocycles. The predicted molar refractivity (Wildman–Crippen MR) is 62.8 cm³/mol. The van der Waals surface area contributed by atoms with Crippen molar-refractivity contribution in [3.05, 3.63) is 35.1 Å². The Kier molecular flexibility index (Phi) is 5.14. The fourth-order valence-corrected chi connectivity index (χ4v) is 1.90. The molecule has 1 nitrogen and oxygen atoms in total. The lowest BCUT2D eigenvalue weighted by molar-refractivity contribution is -0.135. The van der Waals surface area contributed by atoms with Crippen LogP contribution >= 0.6 is 0 Å². The molecular formula is C13H17F4N. The number of hydrogen-bond acceptors (Lipinski definition) is 1. The molecule has 0 aliphatic rings. The Balaban J connectivity index is 2.69. The van der Waals surface area contributed by atoms with Gasteiger partial charge in [-0.15, -0.1) is 0 Å². The molecule has 1 N–H and O–H groups in total. The first-order chi connectivity index (χ1) is 8.35. The molecule has 0 aromatic heterocycles. The molecule has 18 heavy (non-hydrogen) atoms. The van der Waals surface area contributed by atoms with E-state index in [0.29, 0.717) is 11.1 Å². The molecule has 1 atom stereocenters. The zero-order valence-corrected chi connectivity index (χ0v) is 10.4. The summed E-state index contributed by atoms with van der Waals surface area (Å²) in [5, 5.41) is 2.87. The largest absolute Gasteiger partial charge is 0.389 e. The zero-order chi connectivity index (χ0) is 13.8. The lowest BCUT2D eigenvalue weighted by atomic mass is 9.98. The molecule has 0 saturated heterocycles. The van der Waals surface area contributed by atoms with Crippen molar-refractivity contribution < 1.29 is 17.6 Å². The first-order valence-corrected chi connectivity index (χ1v) is 5.84. The van der Waals surface area contributed by atoms with Gasteiger partial charge in [0, 0.05) is 18.0 Å². The Hall–Kier alpha value is -1.10. The number of nitrogens with one attached hydrogen (secondary N) is 1. The van der Waals surface area contributed by atoms with Gasteiger partial charge < -0.3 is 5.32 Å². The van der Waals surface area contributed by atoms with E-state index >= 15 is 0 Å². The lowest BCUT2D eigenvalue weighted by Crippen LogP contribution is -2.19. The first kappa shape index (κ1) is 15.0. The van der Waals surface area contributed by atoms with Gasteiger partial charge in [0.25, 0.3) is 0 Å². The predicted octanol–water partition coefficient (Wildman–Crippen LogP) is 4.13. The average molecular weight is 263 g/mol. The molecule has 0 aliphatic heterocycles. The Morgan fingerprint density at radius 1 is 1.28 bits per heavy atom. The van der Waals surface area contributed by atoms with E-state index in [1.165, 1.54) is 0 Å². The molecule has 0 spiro atoms. The van der Waals surface area contributed by atoms with Crippen molar-refractivity contribution in [1.29, 1.82) is 0 Å². The Morgan fingerprint density at radius 3 is 2.50 bits per heavy atom. The molecule has 1 rings (SSSR count). The van der Waals surface area contributed by atoms with Gasteiger partial charge in [-0.25, -0.2) is 4.39 Å². The summed E-state index contributed by atoms with van der Waals surface area (Å²) in [5.74, 6) is -0.344. The van der Waals surface area contributed by atoms with Gasteiger partial charge in [0.15, 0.2) is 0 Å². The fraction of sp³-hybridized carbons (Fsp3) is 0.538. The van der Waals surface area contributed by atoms with Crippen molar-refractivity contribution in [2.45, 2.75) is 38.4 Å². The summed E-state index contributed by atoms with van der Waals surface area (Å²) in [4.78, 5) is 0. The lowest BCUT2D eigenvalue weighted by Gasteiger charge is -2.18. The summed E-state index contributed by atoms with van der Waals surface area (Å²) in [5.41, 5.74) is 0.934. The minimum Gasteiger partial charge on any atom is -0.313 e. The molecule has 1 aromatic rings. The highest BCUT2D eigenvalue weighted by atomic mass is 19.4. The minimum absolute atomic E-state index is 0.0115. The normalized spacial score (nSPS) is 13.7. The van der Waals surface area contributed by atoms with Crippen molar-refractivity contribution in [2.75, 3.05) is 7.05 Å². The third-order valence-corrected chi connectivity index (χ3v) is 2.90. The van der Waals surface area contributed by atoms with Crippen LogP contribution in [0.3, 0.4) is 0 Å². The van der Waals surface area contributed by atoms with Crippen LogP contribution in [0.25, 0.3) is 0 Å². The summed E-state index contributed by atoms with van der Waals surface area (Å²) >= 11 is 0. The van der Waals surface area contributed by atoms with E-state index < -0.39 is 12.6 Å². The van der Waals surface area contributed by atoms with Crippen LogP contribution < -0.4 is 5.32 Å². The molecule has 0 amide bonds. The van der Waals surface area contributed by atoms with Crippen LogP contribution in [0.5, 0.6) is 0 Å². The Labute approximate surface area is 104 Å². The SMILES string of the molecule is CNC(CCCC(F)(F)F)c1cccc(C)c1F. The third kappa shape index (κ3) is 4.29. The number of hydrogen-bond donors (Lipinski definition) is 1. The van der Waals surface area contributed by atoms with Crippen LogP contribution in [0.2, 0.25) is 0 Å². The summed E-state index contributed by atoms with van der Waals surface area (Å²) in [7, 11) is 1.63. The van der Waals surface area contributed by atoms with Gasteiger partial charge in [-0.05, 0) is 32.4 Å². The van der Waals surface area contributed by atoms with Crippen LogP contribution in [0, 0.1) is 12.7 Å². The van der Waals surface area contributed by atoms with Crippen LogP contribution in [0.4, 0.5) is 17.6 Å². The average Bonchev–Trinajstić information content (AvgIpc) is 2.27. The molecule has 0 fully saturated rings. The number of benzene rings is 1. The van der Waals surface area contributed by atoms with E-state index in [1.54, 1.807) is 32.2 Å². The van der Waals surface area contributed by atoms with Gasteiger partial charge in [0.1, 0.15) is 5.82 Å². The second-order valence-corrected chi connectivity index (χ2v) is 4.33. The van der Waals surface area contributed by atoms with E-state index in [-0.39, 0.29) is 24.7 Å². The van der Waals surface area contributed by atoms with Gasteiger partial charge in [0.05, 0.1) is 0 Å². The number of halogens is 4. The van der Waals surface area contributed by atoms with Crippen molar-refractivity contribution >= 4 is 0 Å². The van der Waals surface area contributed by atoms with E-state index in [0.717, 1.165) is 0 Å². The van der Waals surface area contributed by atoms with Crippen molar-refractivity contribution in [2.24, 2.45) is 0 Å². The molecule has 102 valence electrons. The third-order valence-electron chi connectivity index (χ3n) is 2.90. The smallest absolute Gasteiger partial charge is 0.313 e. The van der Waals surface area contributed by atoms with E-state index in [9.17, 15) is 17.6 Å². The van der Waals surface area contributed by atoms with E-state index in [4.69, 9.17) is 0 Å². The van der Waals surface area contributed by atoms with Gasteiger partial charge in [-0.3, -0.25) is 0 Å². The first-order valence-electron chi connectivity index (χ1n) is 5.84. The summed E-state index contributed by atoms with van der Waals surface area (Å²) in [6, 6.07) is 4.58. The van der Waals surface area contributed by atoms with Crippen molar-refractivity contribution in [3.63, 3.8) is 0 Å². The molecule has 5 heteroatoms. The summed E-state index contributed by atoms with van der Waals surface area (Å²) in [6.07, 6.45) is -4.74. The van der Waals surface area contributed by atoms with Crippen LogP contribution in [0.1, 0.15) is 36.4 Å². The second kappa shape index (κ2) is 6.18. The van der Waals surface area contributed by atoms with E-state index in [2.05, 4.69) is 5.32 Å². The Morgan fingerprint density at radius 2 is 1.94 bits per heavy atom. The molecule has 0 saturated carbocycles. The maximum atomic E-state index is 13.8. The van der Waals surface area contributed by atoms with Gasteiger partial charge in [0.2, 0.25) is 0 Å². The highest BCUT2D eigenvalue weighted by Gasteiger charge is 2.27. The topological polar surface area (TPSA) is 12.0 Å². The summed E-state index contributed by atoms with van der Waals surface area (Å²) in [6.45, 7) is 1.64. The van der Waals surface area contributed by atoms with E-state index in [1.807, 2.05) is 0 Å². The molecule has 0 radical (unpaired) electrons. The second-order valence-electron chi connectivity index (χ2n) is 4.33. The van der Waals surface area contributed by atoms with Gasteiger partial charge in [-0.2, -0.15) is 13.2 Å². The standard InChI is InChI=1S/C13H17F4N/c1-9-5-3-6-10(12(9)14)11(18-2)7-4-8-13(15,16)17/h3,5-6,11,18H,4,7-8H2,1-2H3. The van der Waals surface area contributed by atoms with Crippen molar-refractivity contribution in [3.8, 4) is 0 Å². The van der Waals surface area contributed by atoms with Gasteiger partial charge in [-0.1, -0.05) is 18.2 Å². The van der Waals surface area contributed by atoms with Crippen LogP contribution in [0.15, 0.2) is 18.2 Å². The highest BCUT2D eigenvalue weighted by Crippen LogP contribution is 2.27. The van der Waals surface area contributed by atoms with Crippen LogP contribution in [-0.4, -0.2) is 13.2 Å². The van der Waals surface area contributed by atoms with Crippen LogP contribution in [-0.2, 0) is 0 Å².